The molecule has 1 N–H and O–H groups in total. The number of ether oxygens (including phenoxy) is 1. The Balaban J connectivity index is 1.80. The van der Waals surface area contributed by atoms with Crippen molar-refractivity contribution in [3.63, 3.8) is 0 Å². The Kier molecular flexibility index (Phi) is 5.86. The molecule has 2 aromatic carbocycles. The number of pyridine rings is 1. The number of carbonyl (C=O) groups excluding carboxylic acids is 1. The fourth-order valence-electron chi connectivity index (χ4n) is 3.46. The van der Waals surface area contributed by atoms with Crippen molar-refractivity contribution in [2.75, 3.05) is 13.7 Å². The van der Waals surface area contributed by atoms with Crippen LogP contribution in [0.5, 0.6) is 0 Å². The smallest absolute Gasteiger partial charge is 0.252 e. The summed E-state index contributed by atoms with van der Waals surface area (Å²) in [7, 11) is 1.62. The van der Waals surface area contributed by atoms with E-state index in [4.69, 9.17) is 9.72 Å². The van der Waals surface area contributed by atoms with E-state index in [0.29, 0.717) is 24.4 Å². The Labute approximate surface area is 175 Å². The minimum absolute atomic E-state index is 0.106. The lowest BCUT2D eigenvalue weighted by Crippen LogP contribution is -2.35. The topological polar surface area (TPSA) is 69.0 Å². The maximum absolute atomic E-state index is 13.1. The van der Waals surface area contributed by atoms with Crippen LogP contribution in [0.1, 0.15) is 22.8 Å². The lowest BCUT2D eigenvalue weighted by Gasteiger charge is -2.14. The zero-order chi connectivity index (χ0) is 20.9. The second-order valence-corrected chi connectivity index (χ2v) is 7.28. The summed E-state index contributed by atoms with van der Waals surface area (Å²) in [5.41, 5.74) is 4.05. The highest BCUT2D eigenvalue weighted by Gasteiger charge is 2.19. The van der Waals surface area contributed by atoms with Gasteiger partial charge in [0.1, 0.15) is 0 Å². The third-order valence-corrected chi connectivity index (χ3v) is 4.89. The molecule has 0 radical (unpaired) electrons. The third-order valence-electron chi connectivity index (χ3n) is 4.89. The van der Waals surface area contributed by atoms with E-state index in [0.717, 1.165) is 22.2 Å². The standard InChI is InChI=1S/C24H24N4O2/c1-17(16-30-2)26-24(29)20-13-22(19-11-7-4-8-12-19)27-23-21(20)14-25-28(23)15-18-9-5-3-6-10-18/h3-14,17H,15-16H2,1-2H3,(H,26,29)/t17-/m1/s1. The Morgan fingerprint density at radius 2 is 1.80 bits per heavy atom. The molecule has 6 heteroatoms. The van der Waals surface area contributed by atoms with E-state index in [9.17, 15) is 4.79 Å². The van der Waals surface area contributed by atoms with Crippen molar-refractivity contribution >= 4 is 16.9 Å². The molecule has 0 aliphatic carbocycles. The summed E-state index contributed by atoms with van der Waals surface area (Å²) in [4.78, 5) is 17.9. The minimum atomic E-state index is -0.164. The molecular formula is C24H24N4O2. The lowest BCUT2D eigenvalue weighted by atomic mass is 10.1. The fourth-order valence-corrected chi connectivity index (χ4v) is 3.46. The van der Waals surface area contributed by atoms with Crippen LogP contribution in [0.25, 0.3) is 22.3 Å². The van der Waals surface area contributed by atoms with Crippen molar-refractivity contribution in [3.8, 4) is 11.3 Å². The minimum Gasteiger partial charge on any atom is -0.383 e. The second-order valence-electron chi connectivity index (χ2n) is 7.28. The second kappa shape index (κ2) is 8.88. The van der Waals surface area contributed by atoms with Crippen molar-refractivity contribution in [1.82, 2.24) is 20.1 Å². The number of carbonyl (C=O) groups is 1. The highest BCUT2D eigenvalue weighted by molar-refractivity contribution is 6.06. The molecule has 0 bridgehead atoms. The van der Waals surface area contributed by atoms with Gasteiger partial charge in [0.2, 0.25) is 0 Å². The van der Waals surface area contributed by atoms with Gasteiger partial charge in [-0.2, -0.15) is 5.10 Å². The van der Waals surface area contributed by atoms with Gasteiger partial charge in [-0.15, -0.1) is 0 Å². The van der Waals surface area contributed by atoms with Gasteiger partial charge in [-0.05, 0) is 18.6 Å². The lowest BCUT2D eigenvalue weighted by molar-refractivity contribution is 0.0907. The van der Waals surface area contributed by atoms with Gasteiger partial charge < -0.3 is 10.1 Å². The molecule has 0 aliphatic heterocycles. The quantitative estimate of drug-likeness (QED) is 0.511. The van der Waals surface area contributed by atoms with E-state index in [2.05, 4.69) is 22.5 Å². The number of amides is 1. The summed E-state index contributed by atoms with van der Waals surface area (Å²) in [6.07, 6.45) is 1.72. The number of hydrogen-bond acceptors (Lipinski definition) is 4. The number of hydrogen-bond donors (Lipinski definition) is 1. The maximum Gasteiger partial charge on any atom is 0.252 e. The number of methoxy groups -OCH3 is 1. The van der Waals surface area contributed by atoms with Crippen LogP contribution in [0.4, 0.5) is 0 Å². The summed E-state index contributed by atoms with van der Waals surface area (Å²) in [5.74, 6) is -0.164. The summed E-state index contributed by atoms with van der Waals surface area (Å²) in [6, 6.07) is 21.7. The number of rotatable bonds is 7. The van der Waals surface area contributed by atoms with Crippen LogP contribution < -0.4 is 5.32 Å². The molecule has 2 aromatic heterocycles. The Morgan fingerprint density at radius 1 is 1.10 bits per heavy atom. The number of aromatic nitrogens is 3. The highest BCUT2D eigenvalue weighted by Crippen LogP contribution is 2.25. The van der Waals surface area contributed by atoms with Crippen molar-refractivity contribution in [2.45, 2.75) is 19.5 Å². The number of nitrogens with one attached hydrogen (secondary N) is 1. The van der Waals surface area contributed by atoms with Gasteiger partial charge in [0.05, 0.1) is 36.0 Å². The molecule has 2 heterocycles. The van der Waals surface area contributed by atoms with Crippen LogP contribution in [-0.4, -0.2) is 40.4 Å². The normalized spacial score (nSPS) is 12.1. The monoisotopic (exact) mass is 400 g/mol. The molecule has 4 aromatic rings. The maximum atomic E-state index is 13.1. The van der Waals surface area contributed by atoms with Crippen molar-refractivity contribution in [3.05, 3.63) is 84.1 Å². The average molecular weight is 400 g/mol. The van der Waals surface area contributed by atoms with Crippen LogP contribution in [0.15, 0.2) is 72.9 Å². The van der Waals surface area contributed by atoms with Crippen LogP contribution in [0, 0.1) is 0 Å². The molecule has 1 atom stereocenters. The van der Waals surface area contributed by atoms with Crippen molar-refractivity contribution in [2.24, 2.45) is 0 Å². The first-order valence-corrected chi connectivity index (χ1v) is 9.91. The predicted octanol–water partition coefficient (Wildman–Crippen LogP) is 3.91. The van der Waals surface area contributed by atoms with E-state index < -0.39 is 0 Å². The van der Waals surface area contributed by atoms with Gasteiger partial charge in [0.25, 0.3) is 5.91 Å². The fraction of sp³-hybridized carbons (Fsp3) is 0.208. The predicted molar refractivity (Wildman–Crippen MR) is 117 cm³/mol. The number of nitrogens with zero attached hydrogens (tertiary/aromatic N) is 3. The molecule has 4 rings (SSSR count). The van der Waals surface area contributed by atoms with E-state index in [-0.39, 0.29) is 11.9 Å². The Morgan fingerprint density at radius 3 is 2.50 bits per heavy atom. The summed E-state index contributed by atoms with van der Waals surface area (Å²) >= 11 is 0. The largest absolute Gasteiger partial charge is 0.383 e. The molecule has 152 valence electrons. The zero-order valence-corrected chi connectivity index (χ0v) is 17.1. The SMILES string of the molecule is COC[C@@H](C)NC(=O)c1cc(-c2ccccc2)nc2c1cnn2Cc1ccccc1. The number of benzene rings is 2. The molecule has 0 spiro atoms. The summed E-state index contributed by atoms with van der Waals surface area (Å²) in [5, 5.41) is 8.26. The van der Waals surface area contributed by atoms with Gasteiger partial charge in [-0.1, -0.05) is 60.7 Å². The first kappa shape index (κ1) is 19.8. The van der Waals surface area contributed by atoms with E-state index in [1.807, 2.05) is 66.2 Å². The molecule has 0 fully saturated rings. The van der Waals surface area contributed by atoms with E-state index in [1.54, 1.807) is 13.3 Å². The van der Waals surface area contributed by atoms with Gasteiger partial charge in [-0.3, -0.25) is 4.79 Å². The number of fused-ring (bicyclic) bond motifs is 1. The van der Waals surface area contributed by atoms with Crippen LogP contribution >= 0.6 is 0 Å². The molecule has 0 saturated heterocycles. The molecular weight excluding hydrogens is 376 g/mol. The van der Waals surface area contributed by atoms with Gasteiger partial charge in [0.15, 0.2) is 5.65 Å². The molecule has 0 aliphatic rings. The Hall–Kier alpha value is -3.51. The third kappa shape index (κ3) is 4.23. The molecule has 6 nitrogen and oxygen atoms in total. The van der Waals surface area contributed by atoms with Gasteiger partial charge >= 0.3 is 0 Å². The van der Waals surface area contributed by atoms with Gasteiger partial charge in [0, 0.05) is 18.7 Å². The molecule has 0 saturated carbocycles. The zero-order valence-electron chi connectivity index (χ0n) is 17.1. The van der Waals surface area contributed by atoms with Gasteiger partial charge in [-0.25, -0.2) is 9.67 Å². The van der Waals surface area contributed by atoms with Crippen molar-refractivity contribution < 1.29 is 9.53 Å². The molecule has 30 heavy (non-hydrogen) atoms. The summed E-state index contributed by atoms with van der Waals surface area (Å²) in [6.45, 7) is 2.94. The average Bonchev–Trinajstić information content (AvgIpc) is 3.17. The highest BCUT2D eigenvalue weighted by atomic mass is 16.5. The van der Waals surface area contributed by atoms with Crippen LogP contribution in [0.3, 0.4) is 0 Å². The van der Waals surface area contributed by atoms with E-state index in [1.165, 1.54) is 0 Å². The first-order valence-electron chi connectivity index (χ1n) is 9.91. The van der Waals surface area contributed by atoms with E-state index >= 15 is 0 Å². The first-order chi connectivity index (χ1) is 14.7. The Bertz CT molecular complexity index is 1140. The van der Waals surface area contributed by atoms with Crippen LogP contribution in [0.2, 0.25) is 0 Å². The molecule has 0 unspecified atom stereocenters. The van der Waals surface area contributed by atoms with Crippen molar-refractivity contribution in [1.29, 1.82) is 0 Å². The molecule has 1 amide bonds. The van der Waals surface area contributed by atoms with Crippen LogP contribution in [-0.2, 0) is 11.3 Å². The summed E-state index contributed by atoms with van der Waals surface area (Å²) < 4.78 is 6.99.